The van der Waals surface area contributed by atoms with Crippen LogP contribution in [0, 0.1) is 5.41 Å². The average molecular weight is 417 g/mol. The molecule has 27 heavy (non-hydrogen) atoms. The van der Waals surface area contributed by atoms with Gasteiger partial charge in [-0.3, -0.25) is 0 Å². The van der Waals surface area contributed by atoms with Crippen LogP contribution in [0.4, 0.5) is 0 Å². The van der Waals surface area contributed by atoms with Crippen molar-refractivity contribution in [3.8, 4) is 0 Å². The van der Waals surface area contributed by atoms with E-state index in [0.29, 0.717) is 6.61 Å². The second-order valence-corrected chi connectivity index (χ2v) is 21.7. The minimum absolute atomic E-state index is 0.0106. The molecule has 0 saturated carbocycles. The van der Waals surface area contributed by atoms with Gasteiger partial charge >= 0.3 is 0 Å². The quantitative estimate of drug-likeness (QED) is 0.520. The standard InChI is InChI=1S/C21H44O4Si2/c1-19(2,3)26(9,10)22-14-16-15-13-17(21(7,8)18(23-15)24-16)25-27(11,12)20(4,5)6/h15-18H,13-14H2,1-12H3/t15-,16+,17+,18-/m0/s1. The molecule has 0 aliphatic carbocycles. The van der Waals surface area contributed by atoms with E-state index in [9.17, 15) is 0 Å². The van der Waals surface area contributed by atoms with Crippen molar-refractivity contribution < 1.29 is 18.3 Å². The van der Waals surface area contributed by atoms with Gasteiger partial charge in [-0.05, 0) is 36.3 Å². The SMILES string of the molecule is CC1(C)[C@H]2O[C@@H](C[C@H]1O[Si](C)(C)C(C)(C)C)[C@@H](CO[Si](C)(C)C(C)(C)C)O2. The third-order valence-electron chi connectivity index (χ3n) is 7.55. The van der Waals surface area contributed by atoms with Gasteiger partial charge in [-0.2, -0.15) is 0 Å². The van der Waals surface area contributed by atoms with Crippen LogP contribution in [0.1, 0.15) is 61.8 Å². The van der Waals surface area contributed by atoms with Crippen molar-refractivity contribution in [3.63, 3.8) is 0 Å². The summed E-state index contributed by atoms with van der Waals surface area (Å²) in [6.45, 7) is 28.0. The van der Waals surface area contributed by atoms with Crippen molar-refractivity contribution in [2.75, 3.05) is 6.61 Å². The molecule has 0 radical (unpaired) electrons. The van der Waals surface area contributed by atoms with Gasteiger partial charge in [-0.25, -0.2) is 0 Å². The van der Waals surface area contributed by atoms with Gasteiger partial charge < -0.3 is 18.3 Å². The smallest absolute Gasteiger partial charge is 0.192 e. The number of hydrogen-bond donors (Lipinski definition) is 0. The first-order valence-corrected chi connectivity index (χ1v) is 16.3. The Kier molecular flexibility index (Phi) is 6.28. The second kappa shape index (κ2) is 7.20. The topological polar surface area (TPSA) is 36.9 Å². The van der Waals surface area contributed by atoms with Gasteiger partial charge in [-0.1, -0.05) is 55.4 Å². The van der Waals surface area contributed by atoms with Crippen molar-refractivity contribution >= 4 is 16.6 Å². The summed E-state index contributed by atoms with van der Waals surface area (Å²) >= 11 is 0. The van der Waals surface area contributed by atoms with Crippen LogP contribution in [0.25, 0.3) is 0 Å². The summed E-state index contributed by atoms with van der Waals surface area (Å²) < 4.78 is 25.9. The fraction of sp³-hybridized carbons (Fsp3) is 1.00. The molecule has 0 unspecified atom stereocenters. The van der Waals surface area contributed by atoms with Crippen LogP contribution in [0.3, 0.4) is 0 Å². The van der Waals surface area contributed by atoms with Gasteiger partial charge in [0.05, 0.1) is 18.8 Å². The van der Waals surface area contributed by atoms with Crippen molar-refractivity contribution in [2.45, 2.75) is 123 Å². The minimum atomic E-state index is -1.84. The summed E-state index contributed by atoms with van der Waals surface area (Å²) in [5.74, 6) is 0. The molecule has 6 heteroatoms. The first kappa shape index (κ1) is 23.6. The lowest BCUT2D eigenvalue weighted by atomic mass is 9.81. The fourth-order valence-electron chi connectivity index (χ4n) is 3.14. The Labute approximate surface area is 169 Å². The number of hydrogen-bond acceptors (Lipinski definition) is 4. The highest BCUT2D eigenvalue weighted by molar-refractivity contribution is 6.74. The molecule has 2 saturated heterocycles. The van der Waals surface area contributed by atoms with E-state index in [4.69, 9.17) is 18.3 Å². The summed E-state index contributed by atoms with van der Waals surface area (Å²) in [5, 5.41) is 0.404. The molecule has 2 bridgehead atoms. The summed E-state index contributed by atoms with van der Waals surface area (Å²) in [4.78, 5) is 0. The zero-order valence-corrected chi connectivity index (χ0v) is 21.9. The third-order valence-corrected chi connectivity index (χ3v) is 16.5. The summed E-state index contributed by atoms with van der Waals surface area (Å²) in [6.07, 6.45) is 0.930. The van der Waals surface area contributed by atoms with Gasteiger partial charge in [0.1, 0.15) is 6.10 Å². The van der Waals surface area contributed by atoms with Crippen molar-refractivity contribution in [2.24, 2.45) is 5.41 Å². The Morgan fingerprint density at radius 3 is 1.89 bits per heavy atom. The Morgan fingerprint density at radius 2 is 1.41 bits per heavy atom. The monoisotopic (exact) mass is 416 g/mol. The average Bonchev–Trinajstić information content (AvgIpc) is 2.81. The summed E-state index contributed by atoms with van der Waals surface area (Å²) in [6, 6.07) is 0. The lowest BCUT2D eigenvalue weighted by Gasteiger charge is -2.47. The summed E-state index contributed by atoms with van der Waals surface area (Å²) in [5.41, 5.74) is -0.155. The molecule has 0 N–H and O–H groups in total. The lowest BCUT2D eigenvalue weighted by molar-refractivity contribution is -0.198. The number of rotatable bonds is 5. The van der Waals surface area contributed by atoms with Gasteiger partial charge in [0.2, 0.25) is 0 Å². The van der Waals surface area contributed by atoms with E-state index in [2.05, 4.69) is 81.6 Å². The van der Waals surface area contributed by atoms with Gasteiger partial charge in [-0.15, -0.1) is 0 Å². The van der Waals surface area contributed by atoms with E-state index in [1.54, 1.807) is 0 Å². The normalized spacial score (nSPS) is 32.0. The van der Waals surface area contributed by atoms with E-state index in [1.165, 1.54) is 0 Å². The minimum Gasteiger partial charge on any atom is -0.414 e. The highest BCUT2D eigenvalue weighted by Crippen LogP contribution is 2.48. The van der Waals surface area contributed by atoms with Gasteiger partial charge in [0.15, 0.2) is 22.9 Å². The predicted octanol–water partition coefficient (Wildman–Crippen LogP) is 5.94. The first-order chi connectivity index (χ1) is 11.9. The molecule has 2 aliphatic heterocycles. The molecule has 2 fully saturated rings. The van der Waals surface area contributed by atoms with E-state index in [0.717, 1.165) is 6.42 Å². The second-order valence-electron chi connectivity index (χ2n) is 12.2. The van der Waals surface area contributed by atoms with Crippen molar-refractivity contribution in [1.82, 2.24) is 0 Å². The molecule has 160 valence electrons. The molecule has 4 nitrogen and oxygen atoms in total. The molecular formula is C21H44O4Si2. The Morgan fingerprint density at radius 1 is 0.889 bits per heavy atom. The third kappa shape index (κ3) is 4.72. The molecule has 0 aromatic rings. The molecule has 0 aromatic heterocycles. The Hall–Kier alpha value is 0.274. The van der Waals surface area contributed by atoms with Crippen LogP contribution >= 0.6 is 0 Å². The highest BCUT2D eigenvalue weighted by atomic mass is 28.4. The highest BCUT2D eigenvalue weighted by Gasteiger charge is 2.56. The maximum Gasteiger partial charge on any atom is 0.192 e. The van der Waals surface area contributed by atoms with Crippen LogP contribution in [-0.4, -0.2) is 47.8 Å². The predicted molar refractivity (Wildman–Crippen MR) is 117 cm³/mol. The van der Waals surface area contributed by atoms with Gasteiger partial charge in [0.25, 0.3) is 0 Å². The number of ether oxygens (including phenoxy) is 2. The molecule has 2 heterocycles. The Balaban J connectivity index is 2.09. The lowest BCUT2D eigenvalue weighted by Crippen LogP contribution is -2.54. The molecule has 2 aliphatic rings. The van der Waals surface area contributed by atoms with E-state index >= 15 is 0 Å². The van der Waals surface area contributed by atoms with E-state index in [-0.39, 0.29) is 40.1 Å². The first-order valence-electron chi connectivity index (χ1n) is 10.5. The van der Waals surface area contributed by atoms with Crippen LogP contribution in [0.2, 0.25) is 36.3 Å². The maximum atomic E-state index is 6.83. The molecule has 2 rings (SSSR count). The van der Waals surface area contributed by atoms with E-state index < -0.39 is 16.6 Å². The summed E-state index contributed by atoms with van der Waals surface area (Å²) in [7, 11) is -3.64. The zero-order chi connectivity index (χ0) is 21.1. The van der Waals surface area contributed by atoms with Crippen molar-refractivity contribution in [3.05, 3.63) is 0 Å². The van der Waals surface area contributed by atoms with Crippen LogP contribution in [-0.2, 0) is 18.3 Å². The molecule has 0 spiro atoms. The molecule has 4 atom stereocenters. The maximum absolute atomic E-state index is 6.83. The zero-order valence-electron chi connectivity index (χ0n) is 19.9. The van der Waals surface area contributed by atoms with Gasteiger partial charge in [0, 0.05) is 11.8 Å². The van der Waals surface area contributed by atoms with E-state index in [1.807, 2.05) is 0 Å². The molecular weight excluding hydrogens is 372 g/mol. The van der Waals surface area contributed by atoms with Crippen LogP contribution in [0.5, 0.6) is 0 Å². The largest absolute Gasteiger partial charge is 0.414 e. The number of fused-ring (bicyclic) bond motifs is 2. The molecule has 0 aromatic carbocycles. The van der Waals surface area contributed by atoms with Crippen LogP contribution < -0.4 is 0 Å². The Bertz CT molecular complexity index is 531. The fourth-order valence-corrected chi connectivity index (χ4v) is 5.61. The molecule has 0 amide bonds. The van der Waals surface area contributed by atoms with Crippen molar-refractivity contribution in [1.29, 1.82) is 0 Å². The van der Waals surface area contributed by atoms with Crippen LogP contribution in [0.15, 0.2) is 0 Å².